The zero-order chi connectivity index (χ0) is 5.28. The minimum atomic E-state index is 0. The fourth-order valence-electron chi connectivity index (χ4n) is 0.575. The van der Waals surface area contributed by atoms with Crippen molar-refractivity contribution in [2.45, 2.75) is 0 Å². The van der Waals surface area contributed by atoms with Crippen LogP contribution in [0, 0.1) is 0 Å². The van der Waals surface area contributed by atoms with Crippen molar-refractivity contribution in [2.75, 3.05) is 0 Å². The first-order valence-corrected chi connectivity index (χ1v) is 2.26. The van der Waals surface area contributed by atoms with Crippen LogP contribution in [0.25, 0.3) is 0 Å². The van der Waals surface area contributed by atoms with E-state index in [1.54, 1.807) is 0 Å². The van der Waals surface area contributed by atoms with E-state index in [0.717, 1.165) is 0 Å². The summed E-state index contributed by atoms with van der Waals surface area (Å²) in [5.41, 5.74) is 0. The molecule has 0 spiro atoms. The molecule has 0 aromatic carbocycles. The first-order valence-electron chi connectivity index (χ1n) is 2.26. The Hall–Kier alpha value is -0.0600. The van der Waals surface area contributed by atoms with Crippen LogP contribution in [0.1, 0.15) is 0 Å². The maximum atomic E-state index is 2.00. The van der Waals surface area contributed by atoms with Crippen LogP contribution in [-0.4, -0.2) is 4.57 Å². The molecule has 0 amide bonds. The van der Waals surface area contributed by atoms with Crippen LogP contribution in [0.4, 0.5) is 0 Å². The largest absolute Gasteiger partial charge is 1.00 e. The van der Waals surface area contributed by atoms with Gasteiger partial charge in [0.25, 0.3) is 0 Å². The van der Waals surface area contributed by atoms with Gasteiger partial charge >= 0.3 is 0 Å². The average molecular weight is 224 g/mol. The number of hydrogen-bond acceptors (Lipinski definition) is 0. The van der Waals surface area contributed by atoms with E-state index >= 15 is 0 Å². The van der Waals surface area contributed by atoms with E-state index in [1.807, 2.05) is 42.0 Å². The Morgan fingerprint density at radius 3 is 2.25 bits per heavy atom. The van der Waals surface area contributed by atoms with Crippen molar-refractivity contribution in [1.29, 1.82) is 0 Å². The molecule has 0 saturated heterocycles. The monoisotopic (exact) mass is 224 g/mol. The second kappa shape index (κ2) is 3.06. The normalized spacial score (nSPS) is 8.25. The summed E-state index contributed by atoms with van der Waals surface area (Å²) in [7, 11) is 4.00. The number of halogens is 1. The summed E-state index contributed by atoms with van der Waals surface area (Å²) in [6.07, 6.45) is 6.00. The Kier molecular flexibility index (Phi) is 3.04. The summed E-state index contributed by atoms with van der Waals surface area (Å²) in [6.45, 7) is 0. The number of imidazole rings is 1. The number of nitrogens with zero attached hydrogens (tertiary/aromatic N) is 2. The smallest absolute Gasteiger partial charge is 0.243 e. The molecule has 1 aromatic rings. The van der Waals surface area contributed by atoms with Crippen molar-refractivity contribution < 1.29 is 28.5 Å². The predicted molar refractivity (Wildman–Crippen MR) is 26.6 cm³/mol. The summed E-state index contributed by atoms with van der Waals surface area (Å²) in [4.78, 5) is 0. The molecule has 0 unspecified atom stereocenters. The van der Waals surface area contributed by atoms with Crippen LogP contribution in [-0.2, 0) is 14.1 Å². The summed E-state index contributed by atoms with van der Waals surface area (Å²) in [5, 5.41) is 0. The molecular formula is C5H9IN2. The number of aryl methyl sites for hydroxylation is 2. The lowest BCUT2D eigenvalue weighted by atomic mass is 10.9. The highest BCUT2D eigenvalue weighted by molar-refractivity contribution is 4.60. The molecule has 0 fully saturated rings. The van der Waals surface area contributed by atoms with Gasteiger partial charge in [-0.15, -0.1) is 0 Å². The molecule has 2 nitrogen and oxygen atoms in total. The number of aromatic nitrogens is 2. The lowest BCUT2D eigenvalue weighted by Crippen LogP contribution is -3.00. The Morgan fingerprint density at radius 1 is 1.50 bits per heavy atom. The first-order chi connectivity index (χ1) is 3.29. The van der Waals surface area contributed by atoms with Crippen LogP contribution in [0.5, 0.6) is 0 Å². The van der Waals surface area contributed by atoms with Crippen LogP contribution in [0.2, 0.25) is 0 Å². The maximum absolute atomic E-state index is 2.00. The van der Waals surface area contributed by atoms with E-state index in [9.17, 15) is 0 Å². The topological polar surface area (TPSA) is 8.81 Å². The van der Waals surface area contributed by atoms with Crippen LogP contribution in [0.15, 0.2) is 18.7 Å². The minimum Gasteiger partial charge on any atom is -1.00 e. The summed E-state index contributed by atoms with van der Waals surface area (Å²) in [6, 6.07) is 0. The Labute approximate surface area is 66.2 Å². The number of hydrogen-bond donors (Lipinski definition) is 0. The maximum Gasteiger partial charge on any atom is 0.243 e. The van der Waals surface area contributed by atoms with Crippen molar-refractivity contribution in [1.82, 2.24) is 4.57 Å². The third-order valence-electron chi connectivity index (χ3n) is 0.901. The fourth-order valence-corrected chi connectivity index (χ4v) is 0.575. The lowest BCUT2D eigenvalue weighted by molar-refractivity contribution is -0.670. The molecule has 1 aromatic heterocycles. The second-order valence-corrected chi connectivity index (χ2v) is 1.74. The highest BCUT2D eigenvalue weighted by Crippen LogP contribution is 1.70. The fraction of sp³-hybridized carbons (Fsp3) is 0.400. The SMILES string of the molecule is Cn1cc[n+](C)c1.[I-]. The number of rotatable bonds is 0. The van der Waals surface area contributed by atoms with Gasteiger partial charge in [-0.2, -0.15) is 0 Å². The molecule has 8 heavy (non-hydrogen) atoms. The summed E-state index contributed by atoms with van der Waals surface area (Å²) < 4.78 is 4.00. The van der Waals surface area contributed by atoms with Crippen molar-refractivity contribution >= 4 is 0 Å². The first kappa shape index (κ1) is 7.94. The summed E-state index contributed by atoms with van der Waals surface area (Å²) in [5.74, 6) is 0. The molecule has 0 N–H and O–H groups in total. The van der Waals surface area contributed by atoms with Crippen molar-refractivity contribution in [2.24, 2.45) is 14.1 Å². The molecule has 0 radical (unpaired) electrons. The zero-order valence-electron chi connectivity index (χ0n) is 5.00. The van der Waals surface area contributed by atoms with E-state index in [1.165, 1.54) is 0 Å². The van der Waals surface area contributed by atoms with Gasteiger partial charge < -0.3 is 24.0 Å². The molecule has 0 atom stereocenters. The Balaban J connectivity index is 0.000000490. The molecule has 46 valence electrons. The van der Waals surface area contributed by atoms with E-state index in [2.05, 4.69) is 0 Å². The van der Waals surface area contributed by atoms with Crippen LogP contribution >= 0.6 is 0 Å². The second-order valence-electron chi connectivity index (χ2n) is 1.74. The predicted octanol–water partition coefficient (Wildman–Crippen LogP) is -3.15. The Morgan fingerprint density at radius 2 is 2.12 bits per heavy atom. The third kappa shape index (κ3) is 1.81. The molecule has 0 aliphatic heterocycles. The van der Waals surface area contributed by atoms with Gasteiger partial charge in [0.15, 0.2) is 0 Å². The van der Waals surface area contributed by atoms with Gasteiger partial charge in [-0.3, -0.25) is 0 Å². The van der Waals surface area contributed by atoms with Gasteiger partial charge in [0, 0.05) is 0 Å². The molecule has 3 heteroatoms. The van der Waals surface area contributed by atoms with Crippen LogP contribution < -0.4 is 28.5 Å². The van der Waals surface area contributed by atoms with Gasteiger partial charge in [0.1, 0.15) is 12.4 Å². The van der Waals surface area contributed by atoms with Crippen molar-refractivity contribution in [3.8, 4) is 0 Å². The molecule has 0 saturated carbocycles. The molecule has 1 heterocycles. The lowest BCUT2D eigenvalue weighted by Gasteiger charge is -1.72. The quantitative estimate of drug-likeness (QED) is 0.325. The van der Waals surface area contributed by atoms with Gasteiger partial charge in [0.05, 0.1) is 14.1 Å². The van der Waals surface area contributed by atoms with Crippen molar-refractivity contribution in [3.05, 3.63) is 18.7 Å². The molecule has 0 aliphatic rings. The van der Waals surface area contributed by atoms with Gasteiger partial charge in [0.2, 0.25) is 6.33 Å². The van der Waals surface area contributed by atoms with Crippen LogP contribution in [0.3, 0.4) is 0 Å². The van der Waals surface area contributed by atoms with E-state index < -0.39 is 0 Å². The average Bonchev–Trinajstić information content (AvgIpc) is 1.87. The standard InChI is InChI=1S/C5H9N2.HI/c1-6-3-4-7(2)5-6;/h3-5H,1-2H3;1H/q+1;/p-1. The zero-order valence-corrected chi connectivity index (χ0v) is 7.16. The van der Waals surface area contributed by atoms with E-state index in [-0.39, 0.29) is 24.0 Å². The van der Waals surface area contributed by atoms with Gasteiger partial charge in [-0.05, 0) is 0 Å². The third-order valence-corrected chi connectivity index (χ3v) is 0.901. The highest BCUT2D eigenvalue weighted by atomic mass is 127. The van der Waals surface area contributed by atoms with E-state index in [4.69, 9.17) is 0 Å². The van der Waals surface area contributed by atoms with E-state index in [0.29, 0.717) is 0 Å². The Bertz CT molecular complexity index is 143. The summed E-state index contributed by atoms with van der Waals surface area (Å²) >= 11 is 0. The highest BCUT2D eigenvalue weighted by Gasteiger charge is 1.87. The minimum absolute atomic E-state index is 0. The van der Waals surface area contributed by atoms with Gasteiger partial charge in [-0.1, -0.05) is 0 Å². The molecule has 0 aliphatic carbocycles. The molecular weight excluding hydrogens is 215 g/mol. The van der Waals surface area contributed by atoms with Crippen molar-refractivity contribution in [3.63, 3.8) is 0 Å². The van der Waals surface area contributed by atoms with Gasteiger partial charge in [-0.25, -0.2) is 9.13 Å². The molecule has 0 bridgehead atoms. The molecule has 1 rings (SSSR count).